The zero-order valence-electron chi connectivity index (χ0n) is 14.2. The predicted octanol–water partition coefficient (Wildman–Crippen LogP) is 1.10. The first kappa shape index (κ1) is 17.9. The highest BCUT2D eigenvalue weighted by molar-refractivity contribution is 7.08. The number of primary amides is 1. The number of nitrogens with two attached hydrogens (primary N) is 1. The Labute approximate surface area is 154 Å². The summed E-state index contributed by atoms with van der Waals surface area (Å²) in [7, 11) is 1.21. The summed E-state index contributed by atoms with van der Waals surface area (Å²) in [6, 6.07) is 2.13. The molecule has 2 N–H and O–H groups in total. The van der Waals surface area contributed by atoms with Gasteiger partial charge in [-0.25, -0.2) is 0 Å². The van der Waals surface area contributed by atoms with Gasteiger partial charge in [0.1, 0.15) is 6.04 Å². The minimum absolute atomic E-state index is 0.192. The van der Waals surface area contributed by atoms with Crippen LogP contribution in [0.2, 0.25) is 0 Å². The number of hydrogen-bond donors (Lipinski definition) is 1. The van der Waals surface area contributed by atoms with Gasteiger partial charge in [0.05, 0.1) is 19.2 Å². The summed E-state index contributed by atoms with van der Waals surface area (Å²) in [6.07, 6.45) is 4.66. The number of hydrogen-bond acceptors (Lipinski definition) is 7. The minimum atomic E-state index is -1.66. The number of allylic oxidation sites excluding steroid dienone is 2. The molecule has 0 saturated carbocycles. The van der Waals surface area contributed by atoms with Gasteiger partial charge in [-0.1, -0.05) is 12.2 Å². The molecule has 1 saturated heterocycles. The van der Waals surface area contributed by atoms with Gasteiger partial charge in [-0.15, -0.1) is 0 Å². The van der Waals surface area contributed by atoms with Crippen molar-refractivity contribution in [1.82, 2.24) is 4.90 Å². The fourth-order valence-electron chi connectivity index (χ4n) is 3.84. The van der Waals surface area contributed by atoms with Crippen LogP contribution in [0.1, 0.15) is 18.4 Å². The number of methoxy groups -OCH3 is 1. The maximum absolute atomic E-state index is 12.8. The molecule has 0 unspecified atom stereocenters. The van der Waals surface area contributed by atoms with E-state index in [-0.39, 0.29) is 5.78 Å². The second-order valence-corrected chi connectivity index (χ2v) is 7.03. The summed E-state index contributed by atoms with van der Waals surface area (Å²) in [5.41, 5.74) is 5.03. The van der Waals surface area contributed by atoms with Gasteiger partial charge in [-0.05, 0) is 29.3 Å². The first-order chi connectivity index (χ1) is 12.4. The summed E-state index contributed by atoms with van der Waals surface area (Å²) >= 11 is 1.39. The van der Waals surface area contributed by atoms with Gasteiger partial charge in [0.15, 0.2) is 11.2 Å². The van der Waals surface area contributed by atoms with Crippen molar-refractivity contribution in [2.45, 2.75) is 24.9 Å². The minimum Gasteiger partial charge on any atom is -0.468 e. The summed E-state index contributed by atoms with van der Waals surface area (Å²) in [5.74, 6) is -2.43. The Hall–Kier alpha value is -2.92. The Morgan fingerprint density at radius 3 is 2.65 bits per heavy atom. The Morgan fingerprint density at radius 1 is 1.42 bits per heavy atom. The molecule has 8 heteroatoms. The van der Waals surface area contributed by atoms with E-state index in [1.165, 1.54) is 31.6 Å². The molecule has 3 rings (SSSR count). The van der Waals surface area contributed by atoms with Crippen molar-refractivity contribution >= 4 is 29.0 Å². The smallest absolute Gasteiger partial charge is 0.329 e. The van der Waals surface area contributed by atoms with E-state index in [2.05, 4.69) is 6.07 Å². The second-order valence-electron chi connectivity index (χ2n) is 6.25. The molecule has 2 aliphatic heterocycles. The molecule has 134 valence electrons. The molecule has 7 nitrogen and oxygen atoms in total. The SMILES string of the molecule is COC(=O)[C@]1(C#N)[C@H](c2ccsc2)[C@@H](C(N)=O)N2C=C(C(C)=O)C=C[C@@H]21. The number of rotatable bonds is 4. The van der Waals surface area contributed by atoms with Gasteiger partial charge in [0.25, 0.3) is 0 Å². The molecular weight excluding hydrogens is 354 g/mol. The summed E-state index contributed by atoms with van der Waals surface area (Å²) in [6.45, 7) is 1.40. The number of thiophene rings is 1. The van der Waals surface area contributed by atoms with Crippen molar-refractivity contribution < 1.29 is 19.1 Å². The quantitative estimate of drug-likeness (QED) is 0.793. The van der Waals surface area contributed by atoms with Crippen LogP contribution in [0.5, 0.6) is 0 Å². The van der Waals surface area contributed by atoms with Gasteiger partial charge >= 0.3 is 5.97 Å². The van der Waals surface area contributed by atoms with E-state index < -0.39 is 35.3 Å². The highest BCUT2D eigenvalue weighted by atomic mass is 32.1. The first-order valence-electron chi connectivity index (χ1n) is 7.88. The standard InChI is InChI=1S/C18H17N3O4S/c1-10(22)11-3-4-13-18(9-19,17(24)25-2)14(12-5-6-26-8-12)15(16(20)23)21(13)7-11/h3-8,13-15H,1-2H3,(H2,20,23)/t13-,14-,15+,18+/m1/s1. The summed E-state index contributed by atoms with van der Waals surface area (Å²) in [5, 5.41) is 13.6. The van der Waals surface area contributed by atoms with Crippen LogP contribution in [-0.4, -0.2) is 41.8 Å². The zero-order chi connectivity index (χ0) is 19.1. The Bertz CT molecular complexity index is 867. The molecule has 0 bridgehead atoms. The van der Waals surface area contributed by atoms with Gasteiger partial charge in [-0.3, -0.25) is 14.4 Å². The van der Waals surface area contributed by atoms with Crippen molar-refractivity contribution in [1.29, 1.82) is 5.26 Å². The number of amides is 1. The van der Waals surface area contributed by atoms with Crippen LogP contribution >= 0.6 is 11.3 Å². The molecule has 26 heavy (non-hydrogen) atoms. The molecule has 1 aromatic rings. The van der Waals surface area contributed by atoms with Gasteiger partial charge in [0.2, 0.25) is 5.91 Å². The zero-order valence-corrected chi connectivity index (χ0v) is 15.0. The molecule has 1 fully saturated rings. The van der Waals surface area contributed by atoms with Crippen molar-refractivity contribution in [3.8, 4) is 6.07 Å². The Kier molecular flexibility index (Phi) is 4.42. The lowest BCUT2D eigenvalue weighted by Gasteiger charge is -2.32. The van der Waals surface area contributed by atoms with E-state index in [1.54, 1.807) is 33.9 Å². The fourth-order valence-corrected chi connectivity index (χ4v) is 4.53. The topological polar surface area (TPSA) is 113 Å². The number of fused-ring (bicyclic) bond motifs is 1. The van der Waals surface area contributed by atoms with E-state index >= 15 is 0 Å². The van der Waals surface area contributed by atoms with Gasteiger partial charge < -0.3 is 15.4 Å². The predicted molar refractivity (Wildman–Crippen MR) is 93.6 cm³/mol. The van der Waals surface area contributed by atoms with Gasteiger partial charge in [0, 0.05) is 17.7 Å². The third kappa shape index (κ3) is 2.35. The van der Waals surface area contributed by atoms with Crippen LogP contribution in [0, 0.1) is 16.7 Å². The largest absolute Gasteiger partial charge is 0.468 e. The molecule has 0 radical (unpaired) electrons. The first-order valence-corrected chi connectivity index (χ1v) is 8.82. The monoisotopic (exact) mass is 371 g/mol. The molecular formula is C18H17N3O4S. The average molecular weight is 371 g/mol. The summed E-state index contributed by atoms with van der Waals surface area (Å²) < 4.78 is 4.95. The third-order valence-electron chi connectivity index (χ3n) is 4.97. The molecule has 0 aromatic carbocycles. The Morgan fingerprint density at radius 2 is 2.15 bits per heavy atom. The number of Topliss-reactive ketones (excluding diaryl/α,β-unsaturated/α-hetero) is 1. The maximum atomic E-state index is 12.8. The third-order valence-corrected chi connectivity index (χ3v) is 5.67. The van der Waals surface area contributed by atoms with E-state index in [0.29, 0.717) is 11.1 Å². The van der Waals surface area contributed by atoms with Crippen molar-refractivity contribution in [3.63, 3.8) is 0 Å². The van der Waals surface area contributed by atoms with E-state index in [0.717, 1.165) is 0 Å². The lowest BCUT2D eigenvalue weighted by molar-refractivity contribution is -0.150. The highest BCUT2D eigenvalue weighted by Crippen LogP contribution is 2.53. The molecule has 0 aliphatic carbocycles. The lowest BCUT2D eigenvalue weighted by Crippen LogP contribution is -2.45. The Balaban J connectivity index is 2.28. The molecule has 3 heterocycles. The fraction of sp³-hybridized carbons (Fsp3) is 0.333. The second kappa shape index (κ2) is 6.42. The van der Waals surface area contributed by atoms with Crippen molar-refractivity contribution in [3.05, 3.63) is 46.3 Å². The number of esters is 1. The number of carbonyl (C=O) groups excluding carboxylic acids is 3. The summed E-state index contributed by atoms with van der Waals surface area (Å²) in [4.78, 5) is 38.4. The number of nitrogens with zero attached hydrogens (tertiary/aromatic N) is 2. The lowest BCUT2D eigenvalue weighted by atomic mass is 9.69. The molecule has 1 amide bonds. The highest BCUT2D eigenvalue weighted by Gasteiger charge is 2.66. The van der Waals surface area contributed by atoms with E-state index in [1.807, 2.05) is 0 Å². The average Bonchev–Trinajstić information content (AvgIpc) is 3.24. The molecule has 2 aliphatic rings. The molecule has 0 spiro atoms. The number of nitriles is 1. The maximum Gasteiger partial charge on any atom is 0.329 e. The van der Waals surface area contributed by atoms with E-state index in [9.17, 15) is 19.6 Å². The van der Waals surface area contributed by atoms with Crippen LogP contribution in [0.3, 0.4) is 0 Å². The molecule has 1 aromatic heterocycles. The number of ether oxygens (including phenoxy) is 1. The van der Waals surface area contributed by atoms with Crippen LogP contribution in [0.15, 0.2) is 40.8 Å². The molecule has 4 atom stereocenters. The van der Waals surface area contributed by atoms with Crippen molar-refractivity contribution in [2.75, 3.05) is 7.11 Å². The van der Waals surface area contributed by atoms with Crippen LogP contribution in [0.25, 0.3) is 0 Å². The van der Waals surface area contributed by atoms with Crippen LogP contribution in [0.4, 0.5) is 0 Å². The number of ketones is 1. The van der Waals surface area contributed by atoms with E-state index in [4.69, 9.17) is 10.5 Å². The van der Waals surface area contributed by atoms with Gasteiger partial charge in [-0.2, -0.15) is 16.6 Å². The van der Waals surface area contributed by atoms with Crippen molar-refractivity contribution in [2.24, 2.45) is 11.1 Å². The number of carbonyl (C=O) groups is 3. The normalized spacial score (nSPS) is 29.5. The van der Waals surface area contributed by atoms with Crippen LogP contribution in [-0.2, 0) is 19.1 Å². The van der Waals surface area contributed by atoms with Crippen LogP contribution < -0.4 is 5.73 Å².